The van der Waals surface area contributed by atoms with Gasteiger partial charge >= 0.3 is 5.69 Å². The summed E-state index contributed by atoms with van der Waals surface area (Å²) >= 11 is 0. The van der Waals surface area contributed by atoms with Crippen LogP contribution in [-0.2, 0) is 19.5 Å². The van der Waals surface area contributed by atoms with Gasteiger partial charge in [-0.3, -0.25) is 9.36 Å². The Kier molecular flexibility index (Phi) is 4.81. The molecule has 1 aromatic carbocycles. The van der Waals surface area contributed by atoms with E-state index in [1.165, 1.54) is 16.8 Å². The van der Waals surface area contributed by atoms with Gasteiger partial charge in [-0.1, -0.05) is 12.1 Å². The summed E-state index contributed by atoms with van der Waals surface area (Å²) in [7, 11) is 0. The van der Waals surface area contributed by atoms with Crippen LogP contribution in [0.2, 0.25) is 0 Å². The first-order chi connectivity index (χ1) is 15.1. The number of amides is 1. The molecule has 0 radical (unpaired) electrons. The van der Waals surface area contributed by atoms with Gasteiger partial charge in [-0.2, -0.15) is 10.2 Å². The van der Waals surface area contributed by atoms with Crippen LogP contribution in [0.5, 0.6) is 0 Å². The van der Waals surface area contributed by atoms with Gasteiger partial charge in [0.05, 0.1) is 6.54 Å². The number of halogens is 1. The first-order valence-corrected chi connectivity index (χ1v) is 10.1. The van der Waals surface area contributed by atoms with Gasteiger partial charge in [0.1, 0.15) is 11.6 Å². The van der Waals surface area contributed by atoms with Gasteiger partial charge in [0, 0.05) is 37.5 Å². The third-order valence-corrected chi connectivity index (χ3v) is 5.47. The summed E-state index contributed by atoms with van der Waals surface area (Å²) in [5.74, 6) is 0.120. The van der Waals surface area contributed by atoms with Gasteiger partial charge in [0.25, 0.3) is 5.91 Å². The van der Waals surface area contributed by atoms with Crippen molar-refractivity contribution in [3.8, 4) is 0 Å². The molecule has 0 saturated carbocycles. The van der Waals surface area contributed by atoms with Crippen molar-refractivity contribution in [3.05, 3.63) is 82.2 Å². The molecule has 5 rings (SSSR count). The minimum atomic E-state index is -0.315. The molecule has 3 aromatic heterocycles. The van der Waals surface area contributed by atoms with Gasteiger partial charge < -0.3 is 5.32 Å². The maximum Gasteiger partial charge on any atom is 0.346 e. The van der Waals surface area contributed by atoms with E-state index in [1.807, 2.05) is 0 Å². The fourth-order valence-electron chi connectivity index (χ4n) is 3.84. The van der Waals surface area contributed by atoms with Crippen LogP contribution >= 0.6 is 0 Å². The molecule has 0 spiro atoms. The normalized spacial score (nSPS) is 16.1. The molecule has 0 saturated heterocycles. The minimum Gasteiger partial charge on any atom is -0.348 e. The van der Waals surface area contributed by atoms with E-state index in [2.05, 4.69) is 20.5 Å². The number of rotatable bonds is 4. The molecule has 0 aliphatic carbocycles. The highest BCUT2D eigenvalue weighted by Gasteiger charge is 2.23. The van der Waals surface area contributed by atoms with E-state index in [4.69, 9.17) is 0 Å². The molecule has 158 valence electrons. The number of aromatic nitrogens is 6. The van der Waals surface area contributed by atoms with E-state index in [-0.39, 0.29) is 23.5 Å². The SMILES string of the molecule is O=C(NC1CCc2nn(Cc3ccc(F)cc3)c(=O)n2CC1)c1cc2ncccn2n1. The largest absolute Gasteiger partial charge is 0.348 e. The van der Waals surface area contributed by atoms with E-state index in [9.17, 15) is 14.0 Å². The molecule has 31 heavy (non-hydrogen) atoms. The summed E-state index contributed by atoms with van der Waals surface area (Å²) in [5.41, 5.74) is 1.53. The maximum atomic E-state index is 13.1. The molecule has 1 N–H and O–H groups in total. The van der Waals surface area contributed by atoms with E-state index in [0.29, 0.717) is 49.5 Å². The van der Waals surface area contributed by atoms with Crippen molar-refractivity contribution in [2.75, 3.05) is 0 Å². The van der Waals surface area contributed by atoms with E-state index in [0.717, 1.165) is 5.56 Å². The molecule has 0 fully saturated rings. The van der Waals surface area contributed by atoms with Crippen LogP contribution in [0.1, 0.15) is 34.7 Å². The summed E-state index contributed by atoms with van der Waals surface area (Å²) in [4.78, 5) is 29.6. The molecule has 1 aliphatic heterocycles. The zero-order valence-electron chi connectivity index (χ0n) is 16.6. The summed E-state index contributed by atoms with van der Waals surface area (Å²) in [6, 6.07) is 9.33. The highest BCUT2D eigenvalue weighted by molar-refractivity contribution is 5.93. The van der Waals surface area contributed by atoms with Gasteiger partial charge in [-0.05, 0) is 36.6 Å². The van der Waals surface area contributed by atoms with Crippen LogP contribution < -0.4 is 11.0 Å². The van der Waals surface area contributed by atoms with Crippen molar-refractivity contribution in [2.45, 2.75) is 38.4 Å². The Bertz CT molecular complexity index is 1270. The fraction of sp³-hybridized carbons (Fsp3) is 0.286. The predicted octanol–water partition coefficient (Wildman–Crippen LogP) is 1.41. The van der Waals surface area contributed by atoms with Crippen molar-refractivity contribution in [3.63, 3.8) is 0 Å². The Balaban J connectivity index is 1.26. The lowest BCUT2D eigenvalue weighted by Crippen LogP contribution is -2.36. The first-order valence-electron chi connectivity index (χ1n) is 10.1. The molecule has 9 nitrogen and oxygen atoms in total. The Hall–Kier alpha value is -3.82. The number of aryl methyl sites for hydroxylation is 1. The van der Waals surface area contributed by atoms with Crippen molar-refractivity contribution < 1.29 is 9.18 Å². The zero-order valence-corrected chi connectivity index (χ0v) is 16.6. The summed E-state index contributed by atoms with van der Waals surface area (Å²) < 4.78 is 17.7. The summed E-state index contributed by atoms with van der Waals surface area (Å²) in [6.07, 6.45) is 5.25. The number of hydrogen-bond acceptors (Lipinski definition) is 5. The second-order valence-electron chi connectivity index (χ2n) is 7.58. The monoisotopic (exact) mass is 421 g/mol. The van der Waals surface area contributed by atoms with Crippen LogP contribution in [-0.4, -0.2) is 40.9 Å². The highest BCUT2D eigenvalue weighted by Crippen LogP contribution is 2.14. The number of fused-ring (bicyclic) bond motifs is 2. The van der Waals surface area contributed by atoms with Crippen LogP contribution in [0.4, 0.5) is 4.39 Å². The lowest BCUT2D eigenvalue weighted by Gasteiger charge is -2.15. The molecule has 10 heteroatoms. The van der Waals surface area contributed by atoms with Crippen LogP contribution in [0.25, 0.3) is 5.65 Å². The average Bonchev–Trinajstić information content (AvgIpc) is 3.26. The van der Waals surface area contributed by atoms with Crippen LogP contribution in [0, 0.1) is 5.82 Å². The van der Waals surface area contributed by atoms with E-state index < -0.39 is 0 Å². The molecule has 1 atom stereocenters. The van der Waals surface area contributed by atoms with E-state index in [1.54, 1.807) is 45.7 Å². The topological polar surface area (TPSA) is 99.1 Å². The number of carbonyl (C=O) groups excluding carboxylic acids is 1. The second-order valence-corrected chi connectivity index (χ2v) is 7.58. The van der Waals surface area contributed by atoms with Gasteiger partial charge in [0.2, 0.25) is 0 Å². The Morgan fingerprint density at radius 2 is 2.03 bits per heavy atom. The average molecular weight is 421 g/mol. The molecule has 4 heterocycles. The molecule has 1 amide bonds. The van der Waals surface area contributed by atoms with Crippen molar-refractivity contribution >= 4 is 11.6 Å². The molecule has 1 aliphatic rings. The van der Waals surface area contributed by atoms with Crippen molar-refractivity contribution in [2.24, 2.45) is 0 Å². The van der Waals surface area contributed by atoms with E-state index >= 15 is 0 Å². The van der Waals surface area contributed by atoms with Crippen LogP contribution in [0.15, 0.2) is 53.6 Å². The number of hydrogen-bond donors (Lipinski definition) is 1. The Labute approximate surface area is 176 Å². The van der Waals surface area contributed by atoms with Gasteiger partial charge in [-0.15, -0.1) is 0 Å². The number of nitrogens with zero attached hydrogens (tertiary/aromatic N) is 6. The third kappa shape index (κ3) is 3.83. The maximum absolute atomic E-state index is 13.1. The standard InChI is InChI=1S/C21H20FN7O2/c22-15-4-2-14(3-5-15)13-29-21(31)27-11-8-16(6-7-18(27)26-29)24-20(30)17-12-19-23-9-1-10-28(19)25-17/h1-5,9-10,12,16H,6-8,11,13H2,(H,24,30). The quantitative estimate of drug-likeness (QED) is 0.537. The summed E-state index contributed by atoms with van der Waals surface area (Å²) in [5, 5.41) is 11.7. The lowest BCUT2D eigenvalue weighted by molar-refractivity contribution is 0.0927. The first kappa shape index (κ1) is 19.2. The molecule has 0 bridgehead atoms. The second kappa shape index (κ2) is 7.78. The molecule has 1 unspecified atom stereocenters. The third-order valence-electron chi connectivity index (χ3n) is 5.47. The van der Waals surface area contributed by atoms with Gasteiger partial charge in [0.15, 0.2) is 11.3 Å². The summed E-state index contributed by atoms with van der Waals surface area (Å²) in [6.45, 7) is 0.760. The fourth-order valence-corrected chi connectivity index (χ4v) is 3.84. The number of benzene rings is 1. The molecular formula is C21H20FN7O2. The lowest BCUT2D eigenvalue weighted by atomic mass is 10.1. The smallest absolute Gasteiger partial charge is 0.346 e. The highest BCUT2D eigenvalue weighted by atomic mass is 19.1. The Morgan fingerprint density at radius 1 is 1.19 bits per heavy atom. The number of carbonyl (C=O) groups is 1. The Morgan fingerprint density at radius 3 is 2.84 bits per heavy atom. The minimum absolute atomic E-state index is 0.0862. The molecular weight excluding hydrogens is 401 g/mol. The van der Waals surface area contributed by atoms with Gasteiger partial charge in [-0.25, -0.2) is 23.4 Å². The van der Waals surface area contributed by atoms with Crippen LogP contribution in [0.3, 0.4) is 0 Å². The van der Waals surface area contributed by atoms with Crippen molar-refractivity contribution in [1.82, 2.24) is 34.3 Å². The number of nitrogens with one attached hydrogen (secondary N) is 1. The molecule has 4 aromatic rings. The zero-order chi connectivity index (χ0) is 21.4. The van der Waals surface area contributed by atoms with Crippen molar-refractivity contribution in [1.29, 1.82) is 0 Å². The predicted molar refractivity (Wildman–Crippen MR) is 109 cm³/mol.